The topological polar surface area (TPSA) is 51.5 Å². The normalized spacial score (nSPS) is 11.1. The van der Waals surface area contributed by atoms with Crippen molar-refractivity contribution in [2.75, 3.05) is 6.61 Å². The molecule has 0 radical (unpaired) electrons. The Morgan fingerprint density at radius 2 is 1.30 bits per heavy atom. The molecule has 0 bridgehead atoms. The van der Waals surface area contributed by atoms with E-state index in [4.69, 9.17) is 4.74 Å². The van der Waals surface area contributed by atoms with Gasteiger partial charge in [-0.25, -0.2) is 4.79 Å². The molecule has 40 heavy (non-hydrogen) atoms. The Labute approximate surface area is 233 Å². The molecule has 0 aliphatic carbocycles. The van der Waals surface area contributed by atoms with E-state index in [0.29, 0.717) is 18.8 Å². The van der Waals surface area contributed by atoms with Crippen LogP contribution in [0.25, 0.3) is 22.0 Å². The summed E-state index contributed by atoms with van der Waals surface area (Å²) >= 11 is 0. The summed E-state index contributed by atoms with van der Waals surface area (Å²) in [7, 11) is 0. The second-order valence-corrected chi connectivity index (χ2v) is 9.78. The van der Waals surface area contributed by atoms with Crippen LogP contribution in [0.2, 0.25) is 0 Å². The second kappa shape index (κ2) is 11.3. The van der Waals surface area contributed by atoms with Crippen molar-refractivity contribution >= 4 is 16.9 Å². The molecule has 0 unspecified atom stereocenters. The van der Waals surface area contributed by atoms with E-state index in [2.05, 4.69) is 102 Å². The zero-order valence-corrected chi connectivity index (χ0v) is 22.0. The predicted molar refractivity (Wildman–Crippen MR) is 160 cm³/mol. The number of rotatable bonds is 9. The number of fused-ring (bicyclic) bond motifs is 1. The fraction of sp³-hybridized carbons (Fsp3) is 0.0833. The lowest BCUT2D eigenvalue weighted by Crippen LogP contribution is -2.11. The molecule has 0 atom stereocenters. The van der Waals surface area contributed by atoms with Crippen LogP contribution < -0.4 is 4.74 Å². The lowest BCUT2D eigenvalue weighted by atomic mass is 9.98. The summed E-state index contributed by atoms with van der Waals surface area (Å²) in [5.41, 5.74) is 7.18. The molecule has 4 heteroatoms. The minimum atomic E-state index is -0.992. The number of aromatic nitrogens is 1. The number of nitrogens with zero attached hydrogens (tertiary/aromatic N) is 1. The SMILES string of the molecule is O=C(O)c1ccccc1OCCc1cn(C(c2ccccc2)c2ccccc2)c2ccc(-c3ccccc3)cc12. The summed E-state index contributed by atoms with van der Waals surface area (Å²) in [6, 6.07) is 44.9. The van der Waals surface area contributed by atoms with E-state index in [9.17, 15) is 9.90 Å². The minimum Gasteiger partial charge on any atom is -0.492 e. The van der Waals surface area contributed by atoms with Crippen LogP contribution in [0.5, 0.6) is 5.75 Å². The first-order chi connectivity index (χ1) is 19.7. The molecule has 0 aliphatic rings. The van der Waals surface area contributed by atoms with Crippen molar-refractivity contribution in [2.45, 2.75) is 12.5 Å². The Balaban J connectivity index is 1.44. The highest BCUT2D eigenvalue weighted by molar-refractivity contribution is 5.91. The van der Waals surface area contributed by atoms with E-state index in [1.165, 1.54) is 11.1 Å². The van der Waals surface area contributed by atoms with Gasteiger partial charge in [0.05, 0.1) is 12.6 Å². The fourth-order valence-corrected chi connectivity index (χ4v) is 5.37. The standard InChI is InChI=1S/C36H29NO3/c38-36(39)31-18-10-11-19-34(31)40-23-22-30-25-37(33-21-20-29(24-32(30)33)26-12-4-1-5-13-26)35(27-14-6-2-7-15-27)28-16-8-3-9-17-28/h1-21,24-25,35H,22-23H2,(H,38,39). The van der Waals surface area contributed by atoms with Gasteiger partial charge in [-0.2, -0.15) is 0 Å². The van der Waals surface area contributed by atoms with Crippen LogP contribution in [0.4, 0.5) is 0 Å². The second-order valence-electron chi connectivity index (χ2n) is 9.78. The number of hydrogen-bond donors (Lipinski definition) is 1. The number of ether oxygens (including phenoxy) is 1. The zero-order chi connectivity index (χ0) is 27.3. The van der Waals surface area contributed by atoms with Crippen molar-refractivity contribution in [1.82, 2.24) is 4.57 Å². The van der Waals surface area contributed by atoms with Gasteiger partial charge in [-0.1, -0.05) is 109 Å². The molecule has 0 fully saturated rings. The lowest BCUT2D eigenvalue weighted by molar-refractivity contribution is 0.0692. The fourth-order valence-electron chi connectivity index (χ4n) is 5.37. The molecule has 5 aromatic carbocycles. The van der Waals surface area contributed by atoms with E-state index in [1.54, 1.807) is 24.3 Å². The van der Waals surface area contributed by atoms with Crippen molar-refractivity contribution < 1.29 is 14.6 Å². The maximum absolute atomic E-state index is 11.7. The number of carbonyl (C=O) groups is 1. The van der Waals surface area contributed by atoms with Gasteiger partial charge in [-0.15, -0.1) is 0 Å². The number of carboxylic acid groups (broad SMARTS) is 1. The van der Waals surface area contributed by atoms with Gasteiger partial charge in [0.1, 0.15) is 11.3 Å². The average Bonchev–Trinajstić information content (AvgIpc) is 3.36. The molecule has 0 saturated carbocycles. The Bertz CT molecular complexity index is 1700. The highest BCUT2D eigenvalue weighted by Gasteiger charge is 2.21. The Morgan fingerprint density at radius 1 is 0.700 bits per heavy atom. The quantitative estimate of drug-likeness (QED) is 0.208. The Kier molecular flexibility index (Phi) is 7.14. The molecular formula is C36H29NO3. The molecular weight excluding hydrogens is 494 g/mol. The molecule has 196 valence electrons. The molecule has 4 nitrogen and oxygen atoms in total. The summed E-state index contributed by atoms with van der Waals surface area (Å²) < 4.78 is 8.37. The number of benzene rings is 5. The summed E-state index contributed by atoms with van der Waals surface area (Å²) in [5.74, 6) is -0.608. The smallest absolute Gasteiger partial charge is 0.339 e. The molecule has 0 saturated heterocycles. The van der Waals surface area contributed by atoms with Gasteiger partial charge in [0.25, 0.3) is 0 Å². The number of para-hydroxylation sites is 1. The molecule has 0 amide bonds. The van der Waals surface area contributed by atoms with Gasteiger partial charge < -0.3 is 14.4 Å². The van der Waals surface area contributed by atoms with Crippen molar-refractivity contribution in [2.24, 2.45) is 0 Å². The van der Waals surface area contributed by atoms with Gasteiger partial charge in [0.15, 0.2) is 0 Å². The van der Waals surface area contributed by atoms with E-state index in [-0.39, 0.29) is 11.6 Å². The van der Waals surface area contributed by atoms with Crippen LogP contribution in [-0.4, -0.2) is 22.2 Å². The van der Waals surface area contributed by atoms with Crippen molar-refractivity contribution in [3.63, 3.8) is 0 Å². The van der Waals surface area contributed by atoms with E-state index in [1.807, 2.05) is 18.2 Å². The van der Waals surface area contributed by atoms with E-state index < -0.39 is 5.97 Å². The van der Waals surface area contributed by atoms with Gasteiger partial charge in [-0.05, 0) is 52.1 Å². The molecule has 6 aromatic rings. The third-order valence-electron chi connectivity index (χ3n) is 7.28. The first kappa shape index (κ1) is 25.2. The van der Waals surface area contributed by atoms with Crippen molar-refractivity contribution in [3.05, 3.63) is 162 Å². The van der Waals surface area contributed by atoms with Crippen LogP contribution in [-0.2, 0) is 6.42 Å². The van der Waals surface area contributed by atoms with Gasteiger partial charge in [0.2, 0.25) is 0 Å². The Morgan fingerprint density at radius 3 is 1.95 bits per heavy atom. The minimum absolute atomic E-state index is 0.00474. The molecule has 1 heterocycles. The highest BCUT2D eigenvalue weighted by Crippen LogP contribution is 2.35. The molecule has 1 aromatic heterocycles. The molecule has 1 N–H and O–H groups in total. The first-order valence-corrected chi connectivity index (χ1v) is 13.4. The number of carboxylic acids is 1. The highest BCUT2D eigenvalue weighted by atomic mass is 16.5. The van der Waals surface area contributed by atoms with Gasteiger partial charge in [-0.3, -0.25) is 0 Å². The van der Waals surface area contributed by atoms with E-state index >= 15 is 0 Å². The van der Waals surface area contributed by atoms with Crippen LogP contribution in [0.1, 0.15) is 33.1 Å². The number of aromatic carboxylic acids is 1. The third-order valence-corrected chi connectivity index (χ3v) is 7.28. The predicted octanol–water partition coefficient (Wildman–Crippen LogP) is 8.27. The average molecular weight is 524 g/mol. The van der Waals surface area contributed by atoms with Gasteiger partial charge in [0, 0.05) is 23.5 Å². The monoisotopic (exact) mass is 523 g/mol. The summed E-state index contributed by atoms with van der Waals surface area (Å²) in [6.45, 7) is 0.361. The third kappa shape index (κ3) is 5.12. The van der Waals surface area contributed by atoms with Crippen molar-refractivity contribution in [3.8, 4) is 16.9 Å². The van der Waals surface area contributed by atoms with Crippen molar-refractivity contribution in [1.29, 1.82) is 0 Å². The first-order valence-electron chi connectivity index (χ1n) is 13.4. The summed E-state index contributed by atoms with van der Waals surface area (Å²) in [5, 5.41) is 10.7. The molecule has 6 rings (SSSR count). The van der Waals surface area contributed by atoms with Crippen LogP contribution >= 0.6 is 0 Å². The Hall–Kier alpha value is -5.09. The summed E-state index contributed by atoms with van der Waals surface area (Å²) in [6.07, 6.45) is 2.86. The summed E-state index contributed by atoms with van der Waals surface area (Å²) in [4.78, 5) is 11.7. The van der Waals surface area contributed by atoms with Crippen LogP contribution in [0.15, 0.2) is 140 Å². The van der Waals surface area contributed by atoms with Gasteiger partial charge >= 0.3 is 5.97 Å². The molecule has 0 aliphatic heterocycles. The lowest BCUT2D eigenvalue weighted by Gasteiger charge is -2.21. The van der Waals surface area contributed by atoms with Crippen LogP contribution in [0, 0.1) is 0 Å². The van der Waals surface area contributed by atoms with Crippen LogP contribution in [0.3, 0.4) is 0 Å². The maximum Gasteiger partial charge on any atom is 0.339 e. The molecule has 0 spiro atoms. The largest absolute Gasteiger partial charge is 0.492 e. The zero-order valence-electron chi connectivity index (χ0n) is 22.0. The maximum atomic E-state index is 11.7. The number of hydrogen-bond acceptors (Lipinski definition) is 2. The van der Waals surface area contributed by atoms with E-state index in [0.717, 1.165) is 27.6 Å².